The average Bonchev–Trinajstić information content (AvgIpc) is 3.54. The number of piperidine rings is 1. The number of aryl methyl sites for hydroxylation is 1. The van der Waals surface area contributed by atoms with Crippen molar-refractivity contribution in [3.63, 3.8) is 0 Å². The average molecular weight is 886 g/mol. The third-order valence-corrected chi connectivity index (χ3v) is 15.5. The highest BCUT2D eigenvalue weighted by Crippen LogP contribution is 2.46. The zero-order valence-corrected chi connectivity index (χ0v) is 37.7. The molecule has 332 valence electrons. The van der Waals surface area contributed by atoms with Gasteiger partial charge in [0.2, 0.25) is 11.8 Å². The molecule has 0 spiro atoms. The Morgan fingerprint density at radius 1 is 1.02 bits per heavy atom. The zero-order chi connectivity index (χ0) is 43.6. The second-order valence-electron chi connectivity index (χ2n) is 17.6. The smallest absolute Gasteiger partial charge is 0.303 e. The van der Waals surface area contributed by atoms with Gasteiger partial charge in [-0.2, -0.15) is 12.7 Å². The first-order valence-corrected chi connectivity index (χ1v) is 24.6. The first-order valence-electron chi connectivity index (χ1n) is 22.2. The number of anilines is 1. The Balaban J connectivity index is 1.13. The summed E-state index contributed by atoms with van der Waals surface area (Å²) < 4.78 is 43.2. The molecule has 3 fully saturated rings. The summed E-state index contributed by atoms with van der Waals surface area (Å²) in [5.74, 6) is 0.517. The van der Waals surface area contributed by atoms with Gasteiger partial charge in [0.15, 0.2) is 0 Å². The standard InChI is InChI=1S/C46H59N7O7S2/c1-29(2)37-28-61-43(49-37)36-25-40(34-20-21-39(59-4)30(3)41(34)48-36)60-33-24-38-42(54)50-46(45(56)51-62(57,58)52-22-14-9-15-23-52)26-31(46)16-10-6-5-7-13-19-35(44(55)53(38)27-33)47-32-17-11-8-12-18-32/h8,10-12,16-18,20-21,25,29,31,33,35,37-38,47H,5-7,9,13-15,19,22-24,26-28H2,1-4H3,(H,50,54)(H,51,56)/b16-10-/t31-,33-,35+,37?,38+,46-/m1/s1. The molecule has 14 nitrogen and oxygen atoms in total. The number of aliphatic imine (C=N–C) groups is 1. The molecule has 6 atom stereocenters. The van der Waals surface area contributed by atoms with E-state index in [2.05, 4.69) is 29.2 Å². The van der Waals surface area contributed by atoms with Crippen LogP contribution in [0.5, 0.6) is 11.5 Å². The van der Waals surface area contributed by atoms with Crippen molar-refractivity contribution in [2.75, 3.05) is 37.8 Å². The molecule has 2 aromatic carbocycles. The van der Waals surface area contributed by atoms with Gasteiger partial charge in [0, 0.05) is 53.9 Å². The summed E-state index contributed by atoms with van der Waals surface area (Å²) in [6, 6.07) is 13.8. The molecule has 0 radical (unpaired) electrons. The third-order valence-electron chi connectivity index (χ3n) is 13.0. The van der Waals surface area contributed by atoms with Crippen LogP contribution in [0.1, 0.15) is 89.3 Å². The summed E-state index contributed by atoms with van der Waals surface area (Å²) in [5, 5.41) is 8.07. The Morgan fingerprint density at radius 2 is 1.79 bits per heavy atom. The van der Waals surface area contributed by atoms with E-state index in [1.807, 2.05) is 67.6 Å². The number of carbonyl (C=O) groups excluding carboxylic acids is 3. The number of amides is 3. The number of nitrogens with one attached hydrogen (secondary N) is 3. The fraction of sp³-hybridized carbons (Fsp3) is 0.543. The molecule has 5 heterocycles. The lowest BCUT2D eigenvalue weighted by Crippen LogP contribution is -2.58. The first kappa shape index (κ1) is 44.0. The van der Waals surface area contributed by atoms with E-state index in [4.69, 9.17) is 19.5 Å². The van der Waals surface area contributed by atoms with E-state index in [-0.39, 0.29) is 31.3 Å². The molecule has 1 aromatic heterocycles. The van der Waals surface area contributed by atoms with Crippen LogP contribution in [0.25, 0.3) is 10.9 Å². The van der Waals surface area contributed by atoms with E-state index in [0.717, 1.165) is 59.5 Å². The maximum Gasteiger partial charge on any atom is 0.303 e. The summed E-state index contributed by atoms with van der Waals surface area (Å²) >= 11 is 1.67. The fourth-order valence-electron chi connectivity index (χ4n) is 9.14. The lowest BCUT2D eigenvalue weighted by atomic mass is 10.0. The Bertz CT molecular complexity index is 2340. The number of ether oxygens (including phenoxy) is 2. The molecule has 62 heavy (non-hydrogen) atoms. The maximum atomic E-state index is 14.9. The van der Waals surface area contributed by atoms with Crippen LogP contribution in [0.15, 0.2) is 65.7 Å². The largest absolute Gasteiger partial charge is 0.496 e. The number of hydrogen-bond donors (Lipinski definition) is 3. The molecule has 1 unspecified atom stereocenters. The second kappa shape index (κ2) is 18.6. The fourth-order valence-corrected chi connectivity index (χ4v) is 11.7. The van der Waals surface area contributed by atoms with E-state index >= 15 is 0 Å². The van der Waals surface area contributed by atoms with E-state index in [1.165, 1.54) is 4.31 Å². The first-order chi connectivity index (χ1) is 29.9. The summed E-state index contributed by atoms with van der Waals surface area (Å²) in [5.41, 5.74) is 1.54. The number of thioether (sulfide) groups is 1. The number of pyridine rings is 1. The van der Waals surface area contributed by atoms with Crippen LogP contribution >= 0.6 is 11.8 Å². The Kier molecular flexibility index (Phi) is 13.2. The van der Waals surface area contributed by atoms with Crippen LogP contribution in [-0.2, 0) is 24.6 Å². The van der Waals surface area contributed by atoms with Gasteiger partial charge in [-0.1, -0.05) is 63.5 Å². The van der Waals surface area contributed by atoms with Crippen molar-refractivity contribution in [2.45, 2.75) is 115 Å². The molecule has 3 aromatic rings. The molecule has 16 heteroatoms. The molecule has 4 aliphatic heterocycles. The van der Waals surface area contributed by atoms with Crippen LogP contribution in [-0.4, -0.2) is 108 Å². The summed E-state index contributed by atoms with van der Waals surface area (Å²) in [7, 11) is -2.51. The number of methoxy groups -OCH3 is 1. The molecule has 3 N–H and O–H groups in total. The van der Waals surface area contributed by atoms with E-state index in [1.54, 1.807) is 23.8 Å². The van der Waals surface area contributed by atoms with Gasteiger partial charge in [-0.15, -0.1) is 11.8 Å². The Morgan fingerprint density at radius 3 is 2.53 bits per heavy atom. The van der Waals surface area contributed by atoms with Gasteiger partial charge in [0.25, 0.3) is 5.91 Å². The van der Waals surface area contributed by atoms with Crippen LogP contribution in [0, 0.1) is 18.8 Å². The van der Waals surface area contributed by atoms with Gasteiger partial charge in [-0.3, -0.25) is 19.4 Å². The van der Waals surface area contributed by atoms with Crippen molar-refractivity contribution in [3.8, 4) is 11.5 Å². The summed E-state index contributed by atoms with van der Waals surface area (Å²) in [4.78, 5) is 55.6. The maximum absolute atomic E-state index is 14.9. The lowest BCUT2D eigenvalue weighted by molar-refractivity contribution is -0.140. The van der Waals surface area contributed by atoms with Crippen LogP contribution < -0.4 is 24.8 Å². The van der Waals surface area contributed by atoms with Gasteiger partial charge in [0.05, 0.1) is 30.9 Å². The number of aromatic nitrogens is 1. The molecule has 3 amide bonds. The van der Waals surface area contributed by atoms with Gasteiger partial charge >= 0.3 is 10.2 Å². The molecule has 0 bridgehead atoms. The van der Waals surface area contributed by atoms with E-state index in [9.17, 15) is 22.8 Å². The molecular weight excluding hydrogens is 827 g/mol. The minimum atomic E-state index is -4.13. The molecule has 1 saturated carbocycles. The highest BCUT2D eigenvalue weighted by atomic mass is 32.2. The van der Waals surface area contributed by atoms with Gasteiger partial charge in [0.1, 0.15) is 40.3 Å². The van der Waals surface area contributed by atoms with Gasteiger partial charge < -0.3 is 25.0 Å². The van der Waals surface area contributed by atoms with Crippen molar-refractivity contribution in [2.24, 2.45) is 16.8 Å². The number of allylic oxidation sites excluding steroid dienone is 1. The number of carbonyl (C=O) groups is 3. The van der Waals surface area contributed by atoms with Crippen LogP contribution in [0.4, 0.5) is 5.69 Å². The van der Waals surface area contributed by atoms with Crippen molar-refractivity contribution >= 4 is 61.3 Å². The monoisotopic (exact) mass is 885 g/mol. The summed E-state index contributed by atoms with van der Waals surface area (Å²) in [6.07, 6.45) is 9.91. The molecular formula is C46H59N7O7S2. The van der Waals surface area contributed by atoms with Crippen molar-refractivity contribution in [3.05, 3.63) is 71.9 Å². The minimum Gasteiger partial charge on any atom is -0.496 e. The van der Waals surface area contributed by atoms with E-state index in [0.29, 0.717) is 61.0 Å². The number of nitrogens with zero attached hydrogens (tertiary/aromatic N) is 4. The van der Waals surface area contributed by atoms with Crippen molar-refractivity contribution in [1.29, 1.82) is 0 Å². The number of fused-ring (bicyclic) bond motifs is 3. The highest BCUT2D eigenvalue weighted by Gasteiger charge is 2.62. The van der Waals surface area contributed by atoms with E-state index < -0.39 is 51.7 Å². The minimum absolute atomic E-state index is 0.106. The third kappa shape index (κ3) is 9.33. The number of para-hydroxylation sites is 1. The summed E-state index contributed by atoms with van der Waals surface area (Å²) in [6.45, 7) is 7.05. The lowest BCUT2D eigenvalue weighted by Gasteiger charge is -2.30. The number of rotatable bonds is 10. The Hall–Kier alpha value is -4.67. The Labute approximate surface area is 369 Å². The SMILES string of the molecule is COc1ccc2c(O[C@@H]3C[C@H]4C(=O)N[C@]5(C(=O)NS(=O)(=O)N6CCCCC6)C[C@H]5/C=C\CCCCC[C@H](Nc5ccccc5)C(=O)N4C3)cc(C3=NC(C(C)C)CS3)nc2c1C. The highest BCUT2D eigenvalue weighted by molar-refractivity contribution is 8.14. The van der Waals surface area contributed by atoms with Gasteiger partial charge in [-0.05, 0) is 75.6 Å². The molecule has 5 aliphatic rings. The van der Waals surface area contributed by atoms with Crippen molar-refractivity contribution < 1.29 is 32.3 Å². The van der Waals surface area contributed by atoms with Gasteiger partial charge in [-0.25, -0.2) is 9.71 Å². The normalized spacial score (nSPS) is 27.9. The molecule has 8 rings (SSSR count). The van der Waals surface area contributed by atoms with Crippen LogP contribution in [0.3, 0.4) is 0 Å². The van der Waals surface area contributed by atoms with Crippen LogP contribution in [0.2, 0.25) is 0 Å². The topological polar surface area (TPSA) is 172 Å². The predicted molar refractivity (Wildman–Crippen MR) is 243 cm³/mol. The predicted octanol–water partition coefficient (Wildman–Crippen LogP) is 6.14. The molecule has 1 aliphatic carbocycles. The number of hydrogen-bond acceptors (Lipinski definition) is 11. The quantitative estimate of drug-likeness (QED) is 0.201. The second-order valence-corrected chi connectivity index (χ2v) is 20.3. The van der Waals surface area contributed by atoms with Crippen molar-refractivity contribution in [1.82, 2.24) is 24.2 Å². The molecule has 2 saturated heterocycles. The number of benzene rings is 2. The zero-order valence-electron chi connectivity index (χ0n) is 36.1.